The second kappa shape index (κ2) is 7.73. The summed E-state index contributed by atoms with van der Waals surface area (Å²) in [6.45, 7) is 8.61. The minimum absolute atomic E-state index is 0.0279. The number of nitrogens with two attached hydrogens (primary N) is 1. The Balaban J connectivity index is 2.70. The summed E-state index contributed by atoms with van der Waals surface area (Å²) in [6.07, 6.45) is 2.20. The van der Waals surface area contributed by atoms with Crippen LogP contribution >= 0.6 is 0 Å². The summed E-state index contributed by atoms with van der Waals surface area (Å²) >= 11 is 0. The van der Waals surface area contributed by atoms with E-state index in [1.165, 1.54) is 0 Å². The molecule has 19 heavy (non-hydrogen) atoms. The van der Waals surface area contributed by atoms with Crippen molar-refractivity contribution in [3.05, 3.63) is 0 Å². The van der Waals surface area contributed by atoms with Gasteiger partial charge in [0.05, 0.1) is 12.7 Å². The monoisotopic (exact) mass is 269 g/mol. The fraction of sp³-hybridized carbons (Fsp3) is 0.750. The Kier molecular flexibility index (Phi) is 6.27. The summed E-state index contributed by atoms with van der Waals surface area (Å²) in [5.74, 6) is 5.98. The molecule has 0 aliphatic rings. The largest absolute Gasteiger partial charge is 0.463 e. The van der Waals surface area contributed by atoms with Crippen molar-refractivity contribution in [2.75, 3.05) is 12.0 Å². The minimum atomic E-state index is -0.0279. The molecule has 7 heteroatoms. The molecule has 0 radical (unpaired) electrons. The van der Waals surface area contributed by atoms with Crippen molar-refractivity contribution in [1.29, 1.82) is 0 Å². The van der Waals surface area contributed by atoms with Crippen LogP contribution in [0.5, 0.6) is 12.0 Å². The van der Waals surface area contributed by atoms with Crippen LogP contribution in [0.1, 0.15) is 40.5 Å². The Morgan fingerprint density at radius 1 is 1.16 bits per heavy atom. The molecule has 0 bridgehead atoms. The molecule has 7 nitrogen and oxygen atoms in total. The van der Waals surface area contributed by atoms with Crippen LogP contribution in [0.2, 0.25) is 0 Å². The van der Waals surface area contributed by atoms with E-state index in [0.717, 1.165) is 12.8 Å². The maximum absolute atomic E-state index is 5.55. The van der Waals surface area contributed by atoms with Gasteiger partial charge in [-0.05, 0) is 26.2 Å². The lowest BCUT2D eigenvalue weighted by molar-refractivity contribution is 0.203. The van der Waals surface area contributed by atoms with Crippen molar-refractivity contribution < 1.29 is 9.47 Å². The van der Waals surface area contributed by atoms with Crippen molar-refractivity contribution in [3.63, 3.8) is 0 Å². The predicted octanol–water partition coefficient (Wildman–Crippen LogP) is 1.76. The maximum atomic E-state index is 5.55. The number of rotatable bonds is 8. The minimum Gasteiger partial charge on any atom is -0.463 e. The van der Waals surface area contributed by atoms with Gasteiger partial charge in [0.15, 0.2) is 0 Å². The van der Waals surface area contributed by atoms with Gasteiger partial charge in [-0.25, -0.2) is 5.84 Å². The van der Waals surface area contributed by atoms with E-state index >= 15 is 0 Å². The third-order valence-corrected chi connectivity index (χ3v) is 2.34. The summed E-state index contributed by atoms with van der Waals surface area (Å²) in [7, 11) is 0. The quantitative estimate of drug-likeness (QED) is 0.548. The molecule has 0 spiro atoms. The number of nitrogens with zero attached hydrogens (tertiary/aromatic N) is 3. The molecule has 1 heterocycles. The number of nitrogens with one attached hydrogen (secondary N) is 1. The van der Waals surface area contributed by atoms with E-state index in [1.807, 2.05) is 13.8 Å². The number of nitrogen functional groups attached to an aromatic ring is 1. The van der Waals surface area contributed by atoms with Crippen molar-refractivity contribution in [3.8, 4) is 12.0 Å². The van der Waals surface area contributed by atoms with Gasteiger partial charge in [-0.3, -0.25) is 5.43 Å². The first-order valence-corrected chi connectivity index (χ1v) is 6.57. The fourth-order valence-corrected chi connectivity index (χ4v) is 1.52. The molecule has 0 fully saturated rings. The van der Waals surface area contributed by atoms with Gasteiger partial charge in [-0.15, -0.1) is 4.98 Å². The van der Waals surface area contributed by atoms with E-state index in [2.05, 4.69) is 34.2 Å². The lowest BCUT2D eigenvalue weighted by Crippen LogP contribution is -2.16. The summed E-state index contributed by atoms with van der Waals surface area (Å²) in [4.78, 5) is 12.1. The average molecular weight is 269 g/mol. The Morgan fingerprint density at radius 3 is 2.42 bits per heavy atom. The number of ether oxygens (including phenoxy) is 2. The van der Waals surface area contributed by atoms with Gasteiger partial charge < -0.3 is 9.47 Å². The molecule has 0 aliphatic heterocycles. The zero-order chi connectivity index (χ0) is 14.3. The van der Waals surface area contributed by atoms with Crippen LogP contribution in [0.25, 0.3) is 0 Å². The number of hydrogen-bond donors (Lipinski definition) is 2. The van der Waals surface area contributed by atoms with Crippen LogP contribution in [0, 0.1) is 5.92 Å². The summed E-state index contributed by atoms with van der Waals surface area (Å²) < 4.78 is 11.0. The lowest BCUT2D eigenvalue weighted by atomic mass is 10.1. The van der Waals surface area contributed by atoms with Gasteiger partial charge in [0.25, 0.3) is 0 Å². The third-order valence-electron chi connectivity index (χ3n) is 2.34. The SMILES string of the molecule is CCCC(C)COc1nc(NN)nc(OC(C)C)n1. The van der Waals surface area contributed by atoms with Crippen molar-refractivity contribution in [2.45, 2.75) is 46.6 Å². The third kappa shape index (κ3) is 5.69. The highest BCUT2D eigenvalue weighted by atomic mass is 16.5. The van der Waals surface area contributed by atoms with Crippen LogP contribution in [-0.4, -0.2) is 27.7 Å². The Labute approximate surface area is 113 Å². The number of hydrogen-bond acceptors (Lipinski definition) is 7. The standard InChI is InChI=1S/C12H23N5O2/c1-5-6-9(4)7-18-11-14-10(17-13)15-12(16-11)19-8(2)3/h8-9H,5-7,13H2,1-4H3,(H,14,15,16,17). The molecule has 0 saturated carbocycles. The first kappa shape index (κ1) is 15.4. The highest BCUT2D eigenvalue weighted by Crippen LogP contribution is 2.15. The van der Waals surface area contributed by atoms with Gasteiger partial charge in [0, 0.05) is 0 Å². The van der Waals surface area contributed by atoms with Crippen LogP contribution in [0.3, 0.4) is 0 Å². The molecule has 0 amide bonds. The van der Waals surface area contributed by atoms with Gasteiger partial charge >= 0.3 is 12.0 Å². The first-order chi connectivity index (χ1) is 9.05. The van der Waals surface area contributed by atoms with E-state index in [0.29, 0.717) is 12.5 Å². The van der Waals surface area contributed by atoms with Crippen molar-refractivity contribution in [1.82, 2.24) is 15.0 Å². The van der Waals surface area contributed by atoms with Crippen LogP contribution in [-0.2, 0) is 0 Å². The Hall–Kier alpha value is -1.63. The Bertz CT molecular complexity index is 386. The van der Waals surface area contributed by atoms with Gasteiger partial charge in [0.2, 0.25) is 5.95 Å². The highest BCUT2D eigenvalue weighted by Gasteiger charge is 2.10. The Morgan fingerprint density at radius 2 is 1.84 bits per heavy atom. The molecular formula is C12H23N5O2. The molecule has 0 saturated heterocycles. The molecule has 3 N–H and O–H groups in total. The number of aromatic nitrogens is 3. The normalized spacial score (nSPS) is 12.3. The summed E-state index contributed by atoms with van der Waals surface area (Å²) in [5.41, 5.74) is 2.37. The second-order valence-corrected chi connectivity index (χ2v) is 4.74. The van der Waals surface area contributed by atoms with E-state index in [1.54, 1.807) is 0 Å². The van der Waals surface area contributed by atoms with E-state index in [-0.39, 0.29) is 24.1 Å². The summed E-state index contributed by atoms with van der Waals surface area (Å²) in [5, 5.41) is 0. The molecule has 1 aromatic rings. The van der Waals surface area contributed by atoms with Gasteiger partial charge in [0.1, 0.15) is 0 Å². The van der Waals surface area contributed by atoms with Gasteiger partial charge in [-0.2, -0.15) is 9.97 Å². The molecule has 1 aromatic heterocycles. The average Bonchev–Trinajstić information content (AvgIpc) is 2.35. The second-order valence-electron chi connectivity index (χ2n) is 4.74. The molecular weight excluding hydrogens is 246 g/mol. The van der Waals surface area contributed by atoms with E-state index in [4.69, 9.17) is 15.3 Å². The lowest BCUT2D eigenvalue weighted by Gasteiger charge is -2.13. The van der Waals surface area contributed by atoms with Gasteiger partial charge in [-0.1, -0.05) is 20.3 Å². The van der Waals surface area contributed by atoms with Crippen molar-refractivity contribution >= 4 is 5.95 Å². The molecule has 1 rings (SSSR count). The van der Waals surface area contributed by atoms with Crippen LogP contribution < -0.4 is 20.7 Å². The molecule has 1 unspecified atom stereocenters. The molecule has 1 atom stereocenters. The zero-order valence-electron chi connectivity index (χ0n) is 12.0. The number of hydrazine groups is 1. The maximum Gasteiger partial charge on any atom is 0.324 e. The zero-order valence-corrected chi connectivity index (χ0v) is 12.0. The first-order valence-electron chi connectivity index (χ1n) is 6.57. The van der Waals surface area contributed by atoms with Crippen LogP contribution in [0.15, 0.2) is 0 Å². The predicted molar refractivity (Wildman–Crippen MR) is 73.0 cm³/mol. The van der Waals surface area contributed by atoms with E-state index in [9.17, 15) is 0 Å². The summed E-state index contributed by atoms with van der Waals surface area (Å²) in [6, 6.07) is 0.428. The topological polar surface area (TPSA) is 95.2 Å². The fourth-order valence-electron chi connectivity index (χ4n) is 1.52. The smallest absolute Gasteiger partial charge is 0.324 e. The molecule has 108 valence electrons. The van der Waals surface area contributed by atoms with Crippen molar-refractivity contribution in [2.24, 2.45) is 11.8 Å². The highest BCUT2D eigenvalue weighted by molar-refractivity contribution is 5.25. The van der Waals surface area contributed by atoms with E-state index < -0.39 is 0 Å². The molecule has 0 aliphatic carbocycles. The van der Waals surface area contributed by atoms with Crippen LogP contribution in [0.4, 0.5) is 5.95 Å². The molecule has 0 aromatic carbocycles. The number of anilines is 1.